The van der Waals surface area contributed by atoms with E-state index in [-0.39, 0.29) is 11.7 Å². The summed E-state index contributed by atoms with van der Waals surface area (Å²) in [6, 6.07) is 15.8. The molecule has 0 amide bonds. The number of rotatable bonds is 4. The van der Waals surface area contributed by atoms with Crippen LogP contribution in [0.25, 0.3) is 5.69 Å². The first-order valence-corrected chi connectivity index (χ1v) is 8.58. The number of hydrogen-bond acceptors (Lipinski definition) is 4. The fraction of sp³-hybridized carbons (Fsp3) is 0.238. The number of carbonyl (C=O) groups is 1. The van der Waals surface area contributed by atoms with Crippen LogP contribution in [0, 0.1) is 0 Å². The monoisotopic (exact) mass is 348 g/mol. The number of benzene rings is 2. The molecule has 0 bridgehead atoms. The third kappa shape index (κ3) is 2.75. The molecule has 1 aliphatic rings. The van der Waals surface area contributed by atoms with Crippen molar-refractivity contribution >= 4 is 5.78 Å². The normalized spacial score (nSPS) is 16.2. The Balaban J connectivity index is 1.72. The number of Topliss-reactive ketones (excluding diaryl/α,β-unsaturated/α-hetero) is 1. The van der Waals surface area contributed by atoms with Gasteiger partial charge in [-0.25, -0.2) is 4.68 Å². The Labute approximate surface area is 152 Å². The van der Waals surface area contributed by atoms with Crippen LogP contribution in [-0.2, 0) is 6.42 Å². The SMILES string of the molecule is COc1ccc(C2CC(=O)c3cnn(-c4ccccc4)c3C2)cc1OC. The number of ether oxygens (including phenoxy) is 2. The summed E-state index contributed by atoms with van der Waals surface area (Å²) in [7, 11) is 3.24. The molecule has 5 nitrogen and oxygen atoms in total. The molecule has 26 heavy (non-hydrogen) atoms. The lowest BCUT2D eigenvalue weighted by Crippen LogP contribution is -2.20. The summed E-state index contributed by atoms with van der Waals surface area (Å²) in [6.07, 6.45) is 2.92. The maximum atomic E-state index is 12.7. The third-order valence-electron chi connectivity index (χ3n) is 4.92. The van der Waals surface area contributed by atoms with Gasteiger partial charge < -0.3 is 9.47 Å². The second kappa shape index (κ2) is 6.67. The maximum absolute atomic E-state index is 12.7. The zero-order valence-electron chi connectivity index (χ0n) is 14.8. The highest BCUT2D eigenvalue weighted by molar-refractivity contribution is 5.98. The highest BCUT2D eigenvalue weighted by atomic mass is 16.5. The summed E-state index contributed by atoms with van der Waals surface area (Å²) < 4.78 is 12.6. The number of methoxy groups -OCH3 is 2. The standard InChI is InChI=1S/C21H20N2O3/c1-25-20-9-8-14(12-21(20)26-2)15-10-18-17(19(24)11-15)13-22-23(18)16-6-4-3-5-7-16/h3-9,12-13,15H,10-11H2,1-2H3. The summed E-state index contributed by atoms with van der Waals surface area (Å²) in [5.74, 6) is 1.59. The van der Waals surface area contributed by atoms with Crippen molar-refractivity contribution in [3.63, 3.8) is 0 Å². The van der Waals surface area contributed by atoms with E-state index in [2.05, 4.69) is 5.10 Å². The molecule has 3 aromatic rings. The Hall–Kier alpha value is -3.08. The molecule has 132 valence electrons. The molecule has 5 heteroatoms. The van der Waals surface area contributed by atoms with Crippen LogP contribution in [0.2, 0.25) is 0 Å². The van der Waals surface area contributed by atoms with Crippen LogP contribution < -0.4 is 9.47 Å². The molecule has 1 aromatic heterocycles. The Morgan fingerprint density at radius 3 is 2.50 bits per heavy atom. The Morgan fingerprint density at radius 1 is 1.00 bits per heavy atom. The maximum Gasteiger partial charge on any atom is 0.166 e. The van der Waals surface area contributed by atoms with Crippen LogP contribution in [0.5, 0.6) is 11.5 Å². The Kier molecular flexibility index (Phi) is 4.21. The van der Waals surface area contributed by atoms with Crippen molar-refractivity contribution in [3.8, 4) is 17.2 Å². The van der Waals surface area contributed by atoms with Gasteiger partial charge in [0.1, 0.15) is 0 Å². The van der Waals surface area contributed by atoms with E-state index in [9.17, 15) is 4.79 Å². The molecule has 0 aliphatic heterocycles. The van der Waals surface area contributed by atoms with Crippen molar-refractivity contribution in [3.05, 3.63) is 71.5 Å². The Morgan fingerprint density at radius 2 is 1.77 bits per heavy atom. The third-order valence-corrected chi connectivity index (χ3v) is 4.92. The van der Waals surface area contributed by atoms with Crippen molar-refractivity contribution < 1.29 is 14.3 Å². The van der Waals surface area contributed by atoms with Crippen molar-refractivity contribution in [1.82, 2.24) is 9.78 Å². The lowest BCUT2D eigenvalue weighted by molar-refractivity contribution is 0.0963. The van der Waals surface area contributed by atoms with Gasteiger partial charge in [0, 0.05) is 6.42 Å². The first-order valence-electron chi connectivity index (χ1n) is 8.58. The molecular formula is C21H20N2O3. The molecule has 0 saturated carbocycles. The van der Waals surface area contributed by atoms with Crippen LogP contribution in [0.4, 0.5) is 0 Å². The van der Waals surface area contributed by atoms with E-state index in [1.807, 2.05) is 53.2 Å². The van der Waals surface area contributed by atoms with Gasteiger partial charge in [-0.2, -0.15) is 5.10 Å². The average Bonchev–Trinajstić information content (AvgIpc) is 3.12. The van der Waals surface area contributed by atoms with Crippen LogP contribution in [0.1, 0.15) is 34.0 Å². The first kappa shape index (κ1) is 16.4. The number of ketones is 1. The minimum absolute atomic E-state index is 0.0916. The van der Waals surface area contributed by atoms with Gasteiger partial charge in [-0.15, -0.1) is 0 Å². The number of aromatic nitrogens is 2. The number of fused-ring (bicyclic) bond motifs is 1. The number of hydrogen-bond donors (Lipinski definition) is 0. The summed E-state index contributed by atoms with van der Waals surface area (Å²) >= 11 is 0. The summed E-state index contributed by atoms with van der Waals surface area (Å²) in [6.45, 7) is 0. The molecule has 1 aliphatic carbocycles. The van der Waals surface area contributed by atoms with Gasteiger partial charge in [-0.1, -0.05) is 24.3 Å². The first-order chi connectivity index (χ1) is 12.7. The molecule has 1 atom stereocenters. The van der Waals surface area contributed by atoms with E-state index >= 15 is 0 Å². The predicted octanol–water partition coefficient (Wildman–Crippen LogP) is 3.80. The average molecular weight is 348 g/mol. The molecule has 1 heterocycles. The van der Waals surface area contributed by atoms with Crippen molar-refractivity contribution in [2.75, 3.05) is 14.2 Å². The predicted molar refractivity (Wildman–Crippen MR) is 98.5 cm³/mol. The fourth-order valence-electron chi connectivity index (χ4n) is 3.58. The van der Waals surface area contributed by atoms with E-state index in [0.29, 0.717) is 17.9 Å². The number of nitrogens with zero attached hydrogens (tertiary/aromatic N) is 2. The summed E-state index contributed by atoms with van der Waals surface area (Å²) in [4.78, 5) is 12.7. The molecular weight excluding hydrogens is 328 g/mol. The lowest BCUT2D eigenvalue weighted by atomic mass is 9.82. The molecule has 0 N–H and O–H groups in total. The minimum Gasteiger partial charge on any atom is -0.493 e. The van der Waals surface area contributed by atoms with E-state index in [4.69, 9.17) is 9.47 Å². The van der Waals surface area contributed by atoms with E-state index in [0.717, 1.165) is 28.9 Å². The highest BCUT2D eigenvalue weighted by Crippen LogP contribution is 2.37. The highest BCUT2D eigenvalue weighted by Gasteiger charge is 2.30. The summed E-state index contributed by atoms with van der Waals surface area (Å²) in [5.41, 5.74) is 3.73. The van der Waals surface area contributed by atoms with E-state index in [1.54, 1.807) is 20.4 Å². The Bertz CT molecular complexity index is 947. The quantitative estimate of drug-likeness (QED) is 0.720. The van der Waals surface area contributed by atoms with Gasteiger partial charge in [-0.05, 0) is 42.2 Å². The number of para-hydroxylation sites is 1. The zero-order valence-corrected chi connectivity index (χ0v) is 14.8. The molecule has 0 fully saturated rings. The van der Waals surface area contributed by atoms with E-state index in [1.165, 1.54) is 0 Å². The molecule has 0 saturated heterocycles. The van der Waals surface area contributed by atoms with Crippen molar-refractivity contribution in [2.45, 2.75) is 18.8 Å². The second-order valence-corrected chi connectivity index (χ2v) is 6.40. The topological polar surface area (TPSA) is 53.3 Å². The molecule has 1 unspecified atom stereocenters. The van der Waals surface area contributed by atoms with Crippen molar-refractivity contribution in [1.29, 1.82) is 0 Å². The van der Waals surface area contributed by atoms with Gasteiger partial charge in [0.2, 0.25) is 0 Å². The second-order valence-electron chi connectivity index (χ2n) is 6.40. The number of carbonyl (C=O) groups excluding carboxylic acids is 1. The van der Waals surface area contributed by atoms with Gasteiger partial charge in [-0.3, -0.25) is 4.79 Å². The van der Waals surface area contributed by atoms with Crippen molar-refractivity contribution in [2.24, 2.45) is 0 Å². The largest absolute Gasteiger partial charge is 0.493 e. The van der Waals surface area contributed by atoms with Crippen LogP contribution in [0.3, 0.4) is 0 Å². The van der Waals surface area contributed by atoms with E-state index < -0.39 is 0 Å². The molecule has 0 radical (unpaired) electrons. The molecule has 2 aromatic carbocycles. The summed E-state index contributed by atoms with van der Waals surface area (Å²) in [5, 5.41) is 4.46. The molecule has 0 spiro atoms. The smallest absolute Gasteiger partial charge is 0.166 e. The van der Waals surface area contributed by atoms with Gasteiger partial charge in [0.15, 0.2) is 17.3 Å². The minimum atomic E-state index is 0.0916. The lowest BCUT2D eigenvalue weighted by Gasteiger charge is -2.23. The van der Waals surface area contributed by atoms with Gasteiger partial charge in [0.05, 0.1) is 37.4 Å². The molecule has 4 rings (SSSR count). The fourth-order valence-corrected chi connectivity index (χ4v) is 3.58. The zero-order chi connectivity index (χ0) is 18.1. The van der Waals surface area contributed by atoms with Crippen LogP contribution in [-0.4, -0.2) is 29.8 Å². The van der Waals surface area contributed by atoms with Gasteiger partial charge >= 0.3 is 0 Å². The van der Waals surface area contributed by atoms with Crippen LogP contribution >= 0.6 is 0 Å². The van der Waals surface area contributed by atoms with Gasteiger partial charge in [0.25, 0.3) is 0 Å². The van der Waals surface area contributed by atoms with Crippen LogP contribution in [0.15, 0.2) is 54.7 Å².